The van der Waals surface area contributed by atoms with Crippen molar-refractivity contribution in [3.8, 4) is 0 Å². The van der Waals surface area contributed by atoms with Gasteiger partial charge in [0, 0.05) is 0 Å². The second-order valence-corrected chi connectivity index (χ2v) is 3.36. The molecule has 16 heavy (non-hydrogen) atoms. The fourth-order valence-electron chi connectivity index (χ4n) is 1.22. The summed E-state index contributed by atoms with van der Waals surface area (Å²) in [7, 11) is 0. The molecule has 0 aliphatic rings. The minimum Gasteiger partial charge on any atom is -0.476 e. The first-order valence-electron chi connectivity index (χ1n) is 4.62. The Hall–Kier alpha value is -2.18. The lowest BCUT2D eigenvalue weighted by molar-refractivity contribution is 0.0690. The summed E-state index contributed by atoms with van der Waals surface area (Å²) in [6.45, 7) is 3.93. The summed E-state index contributed by atoms with van der Waals surface area (Å²) in [6.07, 6.45) is 1.33. The van der Waals surface area contributed by atoms with Crippen LogP contribution in [-0.4, -0.2) is 31.1 Å². The van der Waals surface area contributed by atoms with Gasteiger partial charge in [0.15, 0.2) is 5.69 Å². The Morgan fingerprint density at radius 1 is 1.56 bits per heavy atom. The lowest BCUT2D eigenvalue weighted by atomic mass is 10.4. The molecule has 7 heteroatoms. The Morgan fingerprint density at radius 2 is 2.31 bits per heavy atom. The molecule has 0 fully saturated rings. The topological polar surface area (TPSA) is 94.0 Å². The number of nitrogens with zero attached hydrogens (tertiary/aromatic N) is 4. The van der Waals surface area contributed by atoms with Crippen LogP contribution in [0.3, 0.4) is 0 Å². The van der Waals surface area contributed by atoms with Crippen molar-refractivity contribution in [1.82, 2.24) is 20.0 Å². The van der Waals surface area contributed by atoms with Crippen molar-refractivity contribution in [3.05, 3.63) is 29.2 Å². The van der Waals surface area contributed by atoms with E-state index in [-0.39, 0.29) is 12.2 Å². The van der Waals surface area contributed by atoms with Gasteiger partial charge in [-0.15, -0.1) is 5.10 Å². The van der Waals surface area contributed by atoms with Crippen LogP contribution in [0.25, 0.3) is 0 Å². The van der Waals surface area contributed by atoms with Gasteiger partial charge in [-0.25, -0.2) is 14.5 Å². The maximum absolute atomic E-state index is 10.6. The molecule has 2 rings (SSSR count). The van der Waals surface area contributed by atoms with Gasteiger partial charge in [0.2, 0.25) is 5.89 Å². The van der Waals surface area contributed by atoms with E-state index in [0.29, 0.717) is 5.89 Å². The third kappa shape index (κ3) is 1.92. The van der Waals surface area contributed by atoms with Gasteiger partial charge in [-0.3, -0.25) is 0 Å². The molecule has 0 spiro atoms. The molecule has 2 aromatic heterocycles. The second kappa shape index (κ2) is 3.76. The highest BCUT2D eigenvalue weighted by Gasteiger charge is 2.11. The van der Waals surface area contributed by atoms with Gasteiger partial charge in [-0.2, -0.15) is 0 Å². The van der Waals surface area contributed by atoms with Crippen LogP contribution in [0, 0.1) is 13.8 Å². The van der Waals surface area contributed by atoms with E-state index in [2.05, 4.69) is 15.3 Å². The Balaban J connectivity index is 2.17. The summed E-state index contributed by atoms with van der Waals surface area (Å²) in [4.78, 5) is 14.7. The minimum atomic E-state index is -1.11. The van der Waals surface area contributed by atoms with Crippen LogP contribution in [0.15, 0.2) is 10.6 Å². The van der Waals surface area contributed by atoms with Crippen LogP contribution < -0.4 is 0 Å². The van der Waals surface area contributed by atoms with Gasteiger partial charge in [0.05, 0.1) is 11.9 Å². The van der Waals surface area contributed by atoms with E-state index in [0.717, 1.165) is 11.5 Å². The molecule has 0 aliphatic carbocycles. The van der Waals surface area contributed by atoms with Crippen molar-refractivity contribution in [3.63, 3.8) is 0 Å². The van der Waals surface area contributed by atoms with Crippen LogP contribution in [0.5, 0.6) is 0 Å². The Morgan fingerprint density at radius 3 is 2.81 bits per heavy atom. The highest BCUT2D eigenvalue weighted by Crippen LogP contribution is 2.09. The van der Waals surface area contributed by atoms with Crippen molar-refractivity contribution in [2.75, 3.05) is 0 Å². The van der Waals surface area contributed by atoms with E-state index in [1.165, 1.54) is 10.9 Å². The Labute approximate surface area is 90.7 Å². The van der Waals surface area contributed by atoms with Crippen molar-refractivity contribution in [1.29, 1.82) is 0 Å². The molecule has 0 bridgehead atoms. The fraction of sp³-hybridized carbons (Fsp3) is 0.333. The van der Waals surface area contributed by atoms with Crippen molar-refractivity contribution in [2.24, 2.45) is 0 Å². The predicted octanol–water partition coefficient (Wildman–Crippen LogP) is 0.629. The van der Waals surface area contributed by atoms with Gasteiger partial charge in [0.1, 0.15) is 12.3 Å². The van der Waals surface area contributed by atoms with Crippen molar-refractivity contribution < 1.29 is 14.3 Å². The van der Waals surface area contributed by atoms with Gasteiger partial charge in [-0.1, -0.05) is 5.21 Å². The molecule has 2 heterocycles. The normalized spacial score (nSPS) is 10.6. The zero-order valence-corrected chi connectivity index (χ0v) is 8.84. The smallest absolute Gasteiger partial charge is 0.358 e. The van der Waals surface area contributed by atoms with E-state index in [1.54, 1.807) is 0 Å². The van der Waals surface area contributed by atoms with Crippen LogP contribution in [-0.2, 0) is 6.54 Å². The maximum atomic E-state index is 10.6. The zero-order chi connectivity index (χ0) is 11.7. The molecule has 7 nitrogen and oxygen atoms in total. The number of rotatable bonds is 3. The number of aryl methyl sites for hydroxylation is 2. The van der Waals surface area contributed by atoms with Gasteiger partial charge in [0.25, 0.3) is 0 Å². The first-order chi connectivity index (χ1) is 7.56. The summed E-state index contributed by atoms with van der Waals surface area (Å²) in [6, 6.07) is 0. The molecule has 0 unspecified atom stereocenters. The summed E-state index contributed by atoms with van der Waals surface area (Å²) < 4.78 is 6.71. The molecule has 0 atom stereocenters. The lowest BCUT2D eigenvalue weighted by Crippen LogP contribution is -2.00. The first kappa shape index (κ1) is 10.3. The molecule has 1 N–H and O–H groups in total. The number of hydrogen-bond acceptors (Lipinski definition) is 5. The van der Waals surface area contributed by atoms with Crippen LogP contribution in [0.1, 0.15) is 27.8 Å². The lowest BCUT2D eigenvalue weighted by Gasteiger charge is -1.93. The molecule has 0 saturated heterocycles. The van der Waals surface area contributed by atoms with Gasteiger partial charge >= 0.3 is 5.97 Å². The summed E-state index contributed by atoms with van der Waals surface area (Å²) >= 11 is 0. The number of hydrogen-bond donors (Lipinski definition) is 1. The van der Waals surface area contributed by atoms with Crippen LogP contribution in [0.4, 0.5) is 0 Å². The predicted molar refractivity (Wildman–Crippen MR) is 52.1 cm³/mol. The summed E-state index contributed by atoms with van der Waals surface area (Å²) in [5.41, 5.74) is 0.716. The molecule has 0 amide bonds. The Bertz CT molecular complexity index is 509. The highest BCUT2D eigenvalue weighted by molar-refractivity contribution is 5.84. The average molecular weight is 222 g/mol. The van der Waals surface area contributed by atoms with Gasteiger partial charge < -0.3 is 9.52 Å². The highest BCUT2D eigenvalue weighted by atomic mass is 16.4. The molecule has 84 valence electrons. The number of carboxylic acid groups (broad SMARTS) is 1. The van der Waals surface area contributed by atoms with E-state index < -0.39 is 5.97 Å². The average Bonchev–Trinajstić information content (AvgIpc) is 2.76. The number of carbonyl (C=O) groups is 1. The summed E-state index contributed by atoms with van der Waals surface area (Å²) in [5, 5.41) is 15.8. The third-order valence-electron chi connectivity index (χ3n) is 2.13. The van der Waals surface area contributed by atoms with E-state index in [9.17, 15) is 4.79 Å². The van der Waals surface area contributed by atoms with E-state index >= 15 is 0 Å². The number of aromatic carboxylic acids is 1. The third-order valence-corrected chi connectivity index (χ3v) is 2.13. The largest absolute Gasteiger partial charge is 0.476 e. The molecule has 2 aromatic rings. The number of carboxylic acids is 1. The number of oxazole rings is 1. The van der Waals surface area contributed by atoms with Crippen molar-refractivity contribution >= 4 is 5.97 Å². The standard InChI is InChI=1S/C9H10N4O3/c1-5-6(2)16-8(10-5)4-13-3-7(9(14)15)11-12-13/h3H,4H2,1-2H3,(H,14,15). The second-order valence-electron chi connectivity index (χ2n) is 3.36. The fourth-order valence-corrected chi connectivity index (χ4v) is 1.22. The number of aromatic nitrogens is 4. The zero-order valence-electron chi connectivity index (χ0n) is 8.84. The molecular weight excluding hydrogens is 212 g/mol. The van der Waals surface area contributed by atoms with Crippen molar-refractivity contribution in [2.45, 2.75) is 20.4 Å². The molecule has 0 saturated carbocycles. The SMILES string of the molecule is Cc1nc(Cn2cc(C(=O)O)nn2)oc1C. The molecular formula is C9H10N4O3. The molecule has 0 aliphatic heterocycles. The minimum absolute atomic E-state index is 0.0972. The first-order valence-corrected chi connectivity index (χ1v) is 4.62. The van der Waals surface area contributed by atoms with Gasteiger partial charge in [-0.05, 0) is 13.8 Å². The molecule has 0 aromatic carbocycles. The van der Waals surface area contributed by atoms with E-state index in [1.807, 2.05) is 13.8 Å². The molecule has 0 radical (unpaired) electrons. The quantitative estimate of drug-likeness (QED) is 0.818. The van der Waals surface area contributed by atoms with E-state index in [4.69, 9.17) is 9.52 Å². The Kier molecular flexibility index (Phi) is 2.43. The van der Waals surface area contributed by atoms with Crippen LogP contribution in [0.2, 0.25) is 0 Å². The monoisotopic (exact) mass is 222 g/mol. The summed E-state index contributed by atoms with van der Waals surface area (Å²) in [5.74, 6) is 0.122. The maximum Gasteiger partial charge on any atom is 0.358 e. The van der Waals surface area contributed by atoms with Crippen LogP contribution >= 0.6 is 0 Å².